The van der Waals surface area contributed by atoms with Crippen molar-refractivity contribution < 1.29 is 64.6 Å². The molecule has 9 N–H and O–H groups in total. The van der Waals surface area contributed by atoms with Crippen LogP contribution in [0.3, 0.4) is 0 Å². The lowest BCUT2D eigenvalue weighted by Gasteiger charge is -2.46. The maximum atomic E-state index is 13.3. The van der Waals surface area contributed by atoms with E-state index in [1.54, 1.807) is 6.08 Å². The molecule has 2 saturated heterocycles. The van der Waals surface area contributed by atoms with Crippen LogP contribution in [-0.4, -0.2) is 140 Å². The van der Waals surface area contributed by atoms with Gasteiger partial charge in [-0.25, -0.2) is 0 Å². The molecule has 0 aromatic heterocycles. The van der Waals surface area contributed by atoms with E-state index in [9.17, 15) is 45.6 Å². The summed E-state index contributed by atoms with van der Waals surface area (Å²) in [4.78, 5) is 13.3. The van der Waals surface area contributed by atoms with Gasteiger partial charge >= 0.3 is 0 Å². The maximum absolute atomic E-state index is 13.3. The largest absolute Gasteiger partial charge is 0.394 e. The molecule has 0 spiro atoms. The summed E-state index contributed by atoms with van der Waals surface area (Å²) >= 11 is 0. The third-order valence-electron chi connectivity index (χ3n) is 15.2. The molecule has 12 atom stereocenters. The molecule has 432 valence electrons. The molecule has 2 heterocycles. The number of hydrogen-bond acceptors (Lipinski definition) is 13. The van der Waals surface area contributed by atoms with Crippen LogP contribution in [0.2, 0.25) is 0 Å². The summed E-state index contributed by atoms with van der Waals surface area (Å²) in [5, 5.41) is 87.1. The fraction of sp³-hybridized carbons (Fsp3) is 0.949. The number of aliphatic hydroxyl groups excluding tert-OH is 8. The third kappa shape index (κ3) is 31.7. The van der Waals surface area contributed by atoms with Crippen LogP contribution >= 0.6 is 0 Å². The molecule has 0 aromatic carbocycles. The minimum Gasteiger partial charge on any atom is -0.394 e. The molecule has 0 aliphatic carbocycles. The first-order valence-corrected chi connectivity index (χ1v) is 30.4. The van der Waals surface area contributed by atoms with E-state index in [0.717, 1.165) is 38.5 Å². The number of allylic oxidation sites excluding steroid dienone is 1. The Kier molecular flexibility index (Phi) is 42.5. The van der Waals surface area contributed by atoms with E-state index >= 15 is 0 Å². The van der Waals surface area contributed by atoms with Gasteiger partial charge in [0.1, 0.15) is 48.8 Å². The van der Waals surface area contributed by atoms with Gasteiger partial charge in [-0.3, -0.25) is 4.79 Å². The van der Waals surface area contributed by atoms with Gasteiger partial charge in [0.25, 0.3) is 0 Å². The quantitative estimate of drug-likeness (QED) is 0.0204. The first kappa shape index (κ1) is 67.8. The smallest absolute Gasteiger partial charge is 0.220 e. The van der Waals surface area contributed by atoms with Gasteiger partial charge in [-0.1, -0.05) is 251 Å². The molecule has 2 aliphatic rings. The standard InChI is InChI=1S/C59H113NO13/c1-3-5-7-9-11-13-15-17-19-21-22-23-24-25-26-27-29-31-33-35-37-39-41-43-51(64)60-47(48(63)42-40-38-36-34-32-30-28-20-18-16-14-12-10-8-6-4-2)46-70-58-56(69)54(67)57(50(45-62)72-58)73-59-55(68)53(66)52(65)49(44-61)71-59/h40,42,47-50,52-59,61-63,65-69H,3-39,41,43-46H2,1-2H3,(H,60,64)/b42-40+/t47-,48+,49+,50+,52-,53?,54?,55?,56?,57+,58+,59-/m0/s1. The lowest BCUT2D eigenvalue weighted by Crippen LogP contribution is -2.65. The van der Waals surface area contributed by atoms with Crippen LogP contribution in [0.25, 0.3) is 0 Å². The predicted octanol–water partition coefficient (Wildman–Crippen LogP) is 10.3. The number of unbranched alkanes of at least 4 members (excludes halogenated alkanes) is 36. The van der Waals surface area contributed by atoms with Crippen molar-refractivity contribution in [2.75, 3.05) is 19.8 Å². The predicted molar refractivity (Wildman–Crippen MR) is 291 cm³/mol. The van der Waals surface area contributed by atoms with Crippen LogP contribution in [0.5, 0.6) is 0 Å². The lowest BCUT2D eigenvalue weighted by atomic mass is 9.97. The molecule has 2 fully saturated rings. The van der Waals surface area contributed by atoms with Crippen molar-refractivity contribution in [2.45, 2.75) is 338 Å². The Morgan fingerprint density at radius 2 is 0.849 bits per heavy atom. The van der Waals surface area contributed by atoms with E-state index in [1.807, 2.05) is 6.08 Å². The Morgan fingerprint density at radius 3 is 1.26 bits per heavy atom. The van der Waals surface area contributed by atoms with Crippen LogP contribution in [0.4, 0.5) is 0 Å². The minimum absolute atomic E-state index is 0.233. The van der Waals surface area contributed by atoms with Crippen LogP contribution in [0.15, 0.2) is 12.2 Å². The fourth-order valence-electron chi connectivity index (χ4n) is 10.3. The van der Waals surface area contributed by atoms with Crippen molar-refractivity contribution in [1.82, 2.24) is 5.32 Å². The highest BCUT2D eigenvalue weighted by molar-refractivity contribution is 5.76. The molecule has 14 heteroatoms. The third-order valence-corrected chi connectivity index (χ3v) is 15.2. The van der Waals surface area contributed by atoms with Gasteiger partial charge < -0.3 is 65.1 Å². The maximum Gasteiger partial charge on any atom is 0.220 e. The van der Waals surface area contributed by atoms with Crippen molar-refractivity contribution in [2.24, 2.45) is 0 Å². The van der Waals surface area contributed by atoms with E-state index in [4.69, 9.17) is 18.9 Å². The van der Waals surface area contributed by atoms with Crippen LogP contribution < -0.4 is 5.32 Å². The van der Waals surface area contributed by atoms with Gasteiger partial charge in [-0.2, -0.15) is 0 Å². The van der Waals surface area contributed by atoms with Gasteiger partial charge in [0.05, 0.1) is 32.0 Å². The first-order chi connectivity index (χ1) is 35.6. The summed E-state index contributed by atoms with van der Waals surface area (Å²) in [6.45, 7) is 2.83. The fourth-order valence-corrected chi connectivity index (χ4v) is 10.3. The summed E-state index contributed by atoms with van der Waals surface area (Å²) in [6.07, 6.45) is 35.4. The molecule has 0 bridgehead atoms. The number of carbonyl (C=O) groups excluding carboxylic acids is 1. The second kappa shape index (κ2) is 45.7. The zero-order valence-corrected chi connectivity index (χ0v) is 46.4. The number of rotatable bonds is 49. The van der Waals surface area contributed by atoms with E-state index in [1.165, 1.54) is 199 Å². The van der Waals surface area contributed by atoms with Crippen molar-refractivity contribution in [1.29, 1.82) is 0 Å². The first-order valence-electron chi connectivity index (χ1n) is 30.4. The normalized spacial score (nSPS) is 25.4. The Bertz CT molecular complexity index is 1280. The molecule has 0 radical (unpaired) electrons. The van der Waals surface area contributed by atoms with E-state index in [2.05, 4.69) is 19.2 Å². The van der Waals surface area contributed by atoms with Crippen LogP contribution in [-0.2, 0) is 23.7 Å². The molecular formula is C59H113NO13. The number of carbonyl (C=O) groups is 1. The number of amides is 1. The molecular weight excluding hydrogens is 931 g/mol. The van der Waals surface area contributed by atoms with Gasteiger partial charge in [0.2, 0.25) is 5.91 Å². The molecule has 1 amide bonds. The van der Waals surface area contributed by atoms with E-state index in [0.29, 0.717) is 6.42 Å². The van der Waals surface area contributed by atoms with Crippen molar-refractivity contribution in [3.63, 3.8) is 0 Å². The Labute approximate surface area is 444 Å². The Morgan fingerprint density at radius 1 is 0.479 bits per heavy atom. The number of hydrogen-bond donors (Lipinski definition) is 9. The lowest BCUT2D eigenvalue weighted by molar-refractivity contribution is -0.359. The zero-order valence-electron chi connectivity index (χ0n) is 46.4. The highest BCUT2D eigenvalue weighted by Gasteiger charge is 2.51. The SMILES string of the molecule is CCCCCCCCCCCCCCCC/C=C/[C@@H](O)[C@H](CO[C@@H]1O[C@H](CO)[C@@H](O[C@@H]2O[C@H](CO)[C@H](O)C(O)C2O)C(O)C1O)NC(=O)CCCCCCCCCCCCCCCCCCCCCCCCC. The second-order valence-electron chi connectivity index (χ2n) is 21.8. The molecule has 73 heavy (non-hydrogen) atoms. The van der Waals surface area contributed by atoms with Crippen LogP contribution in [0, 0.1) is 0 Å². The molecule has 2 aliphatic heterocycles. The molecule has 2 rings (SSSR count). The topological polar surface area (TPSA) is 228 Å². The van der Waals surface area contributed by atoms with E-state index in [-0.39, 0.29) is 18.9 Å². The minimum atomic E-state index is -1.79. The Hall–Kier alpha value is -1.27. The van der Waals surface area contributed by atoms with Crippen molar-refractivity contribution in [3.05, 3.63) is 12.2 Å². The van der Waals surface area contributed by atoms with Crippen molar-refractivity contribution in [3.8, 4) is 0 Å². The summed E-state index contributed by atoms with van der Waals surface area (Å²) in [5.74, 6) is -0.233. The molecule has 0 saturated carbocycles. The molecule has 14 nitrogen and oxygen atoms in total. The monoisotopic (exact) mass is 1040 g/mol. The van der Waals surface area contributed by atoms with Gasteiger partial charge in [0.15, 0.2) is 12.6 Å². The van der Waals surface area contributed by atoms with E-state index < -0.39 is 86.8 Å². The van der Waals surface area contributed by atoms with Gasteiger partial charge in [-0.15, -0.1) is 0 Å². The summed E-state index contributed by atoms with van der Waals surface area (Å²) in [6, 6.07) is -0.909. The number of ether oxygens (including phenoxy) is 4. The van der Waals surface area contributed by atoms with Gasteiger partial charge in [0, 0.05) is 6.42 Å². The highest BCUT2D eigenvalue weighted by Crippen LogP contribution is 2.30. The molecule has 4 unspecified atom stereocenters. The Balaban J connectivity index is 1.74. The highest BCUT2D eigenvalue weighted by atomic mass is 16.7. The average molecular weight is 1040 g/mol. The molecule has 0 aromatic rings. The summed E-state index contributed by atoms with van der Waals surface area (Å²) < 4.78 is 22.8. The van der Waals surface area contributed by atoms with Crippen LogP contribution in [0.1, 0.15) is 264 Å². The number of nitrogens with one attached hydrogen (secondary N) is 1. The second-order valence-corrected chi connectivity index (χ2v) is 21.8. The van der Waals surface area contributed by atoms with Crippen molar-refractivity contribution >= 4 is 5.91 Å². The number of aliphatic hydroxyl groups is 8. The summed E-state index contributed by atoms with van der Waals surface area (Å²) in [5.41, 5.74) is 0. The average Bonchev–Trinajstić information content (AvgIpc) is 3.39. The zero-order chi connectivity index (χ0) is 53.2. The van der Waals surface area contributed by atoms with Gasteiger partial charge in [-0.05, 0) is 19.3 Å². The summed E-state index contributed by atoms with van der Waals surface area (Å²) in [7, 11) is 0.